The molecule has 2 N–H and O–H groups in total. The number of likely N-dealkylation sites (tertiary alicyclic amines) is 1. The zero-order valence-corrected chi connectivity index (χ0v) is 12.3. The summed E-state index contributed by atoms with van der Waals surface area (Å²) < 4.78 is 5.24. The summed E-state index contributed by atoms with van der Waals surface area (Å²) in [5, 5.41) is 0.613. The number of piperidine rings is 1. The predicted octanol–water partition coefficient (Wildman–Crippen LogP) is 2.31. The molecule has 0 spiro atoms. The molecule has 0 atom stereocenters. The first-order valence-corrected chi connectivity index (χ1v) is 7.04. The summed E-state index contributed by atoms with van der Waals surface area (Å²) in [5.41, 5.74) is 6.62. The Morgan fingerprint density at radius 2 is 2.15 bits per heavy atom. The second-order valence-electron chi connectivity index (χ2n) is 4.88. The van der Waals surface area contributed by atoms with Gasteiger partial charge in [0.25, 0.3) is 0 Å². The average molecular weight is 295 g/mol. The third kappa shape index (κ3) is 3.74. The lowest BCUT2D eigenvalue weighted by Gasteiger charge is -2.29. The highest BCUT2D eigenvalue weighted by Gasteiger charge is 2.18. The first kappa shape index (κ1) is 14.9. The molecule has 4 nitrogen and oxygen atoms in total. The lowest BCUT2D eigenvalue weighted by molar-refractivity contribution is -0.126. The molecular formula is C15H19ClN2O2. The van der Waals surface area contributed by atoms with Crippen LogP contribution in [0.1, 0.15) is 18.4 Å². The van der Waals surface area contributed by atoms with Crippen LogP contribution < -0.4 is 10.5 Å². The van der Waals surface area contributed by atoms with Crippen molar-refractivity contribution in [2.24, 2.45) is 5.73 Å². The number of rotatable bonds is 3. The van der Waals surface area contributed by atoms with Crippen molar-refractivity contribution < 1.29 is 9.53 Å². The highest BCUT2D eigenvalue weighted by molar-refractivity contribution is 6.30. The van der Waals surface area contributed by atoms with Gasteiger partial charge < -0.3 is 15.4 Å². The molecular weight excluding hydrogens is 276 g/mol. The van der Waals surface area contributed by atoms with Gasteiger partial charge in [0.15, 0.2) is 0 Å². The van der Waals surface area contributed by atoms with Crippen LogP contribution >= 0.6 is 11.6 Å². The van der Waals surface area contributed by atoms with Crippen LogP contribution in [0.25, 0.3) is 6.08 Å². The monoisotopic (exact) mass is 294 g/mol. The number of hydrogen-bond acceptors (Lipinski definition) is 3. The summed E-state index contributed by atoms with van der Waals surface area (Å²) in [4.78, 5) is 13.9. The minimum atomic E-state index is -0.000992. The number of nitrogens with two attached hydrogens (primary N) is 1. The number of halogens is 1. The number of hydrogen-bond donors (Lipinski definition) is 1. The van der Waals surface area contributed by atoms with Crippen LogP contribution in [0.4, 0.5) is 0 Å². The fraction of sp³-hybridized carbons (Fsp3) is 0.400. The molecule has 1 fully saturated rings. The van der Waals surface area contributed by atoms with Crippen molar-refractivity contribution in [3.8, 4) is 5.75 Å². The van der Waals surface area contributed by atoms with E-state index in [2.05, 4.69) is 0 Å². The Labute approximate surface area is 124 Å². The minimum absolute atomic E-state index is 0.000992. The summed E-state index contributed by atoms with van der Waals surface area (Å²) >= 11 is 5.96. The third-order valence-corrected chi connectivity index (χ3v) is 3.68. The molecule has 1 aliphatic rings. The molecule has 20 heavy (non-hydrogen) atoms. The van der Waals surface area contributed by atoms with E-state index in [1.807, 2.05) is 4.90 Å². The standard InChI is InChI=1S/C15H19ClN2O2/c1-20-14-4-3-12(16)10-11(14)2-5-15(19)18-8-6-13(17)7-9-18/h2-5,10,13H,6-9,17H2,1H3. The maximum atomic E-state index is 12.1. The van der Waals surface area contributed by atoms with E-state index < -0.39 is 0 Å². The summed E-state index contributed by atoms with van der Waals surface area (Å²) in [6.45, 7) is 1.44. The Balaban J connectivity index is 2.05. The second kappa shape index (κ2) is 6.77. The molecule has 0 radical (unpaired) electrons. The number of amides is 1. The fourth-order valence-electron chi connectivity index (χ4n) is 2.22. The van der Waals surface area contributed by atoms with E-state index in [1.165, 1.54) is 0 Å². The Morgan fingerprint density at radius 3 is 2.80 bits per heavy atom. The van der Waals surface area contributed by atoms with Gasteiger partial charge in [-0.3, -0.25) is 4.79 Å². The normalized spacial score (nSPS) is 16.6. The molecule has 1 heterocycles. The van der Waals surface area contributed by atoms with Gasteiger partial charge in [-0.2, -0.15) is 0 Å². The number of benzene rings is 1. The van der Waals surface area contributed by atoms with Gasteiger partial charge in [-0.25, -0.2) is 0 Å². The topological polar surface area (TPSA) is 55.6 Å². The Bertz CT molecular complexity index is 509. The minimum Gasteiger partial charge on any atom is -0.496 e. The van der Waals surface area contributed by atoms with Gasteiger partial charge in [-0.15, -0.1) is 0 Å². The van der Waals surface area contributed by atoms with Gasteiger partial charge >= 0.3 is 0 Å². The number of methoxy groups -OCH3 is 1. The largest absolute Gasteiger partial charge is 0.496 e. The van der Waals surface area contributed by atoms with Gasteiger partial charge in [0.05, 0.1) is 7.11 Å². The van der Waals surface area contributed by atoms with Crippen LogP contribution in [0, 0.1) is 0 Å². The highest BCUT2D eigenvalue weighted by atomic mass is 35.5. The van der Waals surface area contributed by atoms with E-state index >= 15 is 0 Å². The summed E-state index contributed by atoms with van der Waals surface area (Å²) in [7, 11) is 1.59. The molecule has 0 unspecified atom stereocenters. The molecule has 0 aliphatic carbocycles. The van der Waals surface area contributed by atoms with E-state index in [1.54, 1.807) is 37.5 Å². The third-order valence-electron chi connectivity index (χ3n) is 3.45. The molecule has 1 amide bonds. The molecule has 1 aromatic rings. The van der Waals surface area contributed by atoms with Crippen molar-refractivity contribution in [3.63, 3.8) is 0 Å². The van der Waals surface area contributed by atoms with Crippen LogP contribution in [0.2, 0.25) is 5.02 Å². The van der Waals surface area contributed by atoms with Crippen molar-refractivity contribution in [2.75, 3.05) is 20.2 Å². The van der Waals surface area contributed by atoms with Crippen LogP contribution in [0.3, 0.4) is 0 Å². The first-order valence-electron chi connectivity index (χ1n) is 6.66. The Morgan fingerprint density at radius 1 is 1.45 bits per heavy atom. The van der Waals surface area contributed by atoms with Crippen molar-refractivity contribution in [1.82, 2.24) is 4.90 Å². The summed E-state index contributed by atoms with van der Waals surface area (Å²) in [5.74, 6) is 0.693. The van der Waals surface area contributed by atoms with Gasteiger partial charge in [0.1, 0.15) is 5.75 Å². The zero-order valence-electron chi connectivity index (χ0n) is 11.5. The SMILES string of the molecule is COc1ccc(Cl)cc1C=CC(=O)N1CCC(N)CC1. The Hall–Kier alpha value is -1.52. The molecule has 108 valence electrons. The van der Waals surface area contributed by atoms with E-state index in [0.717, 1.165) is 31.5 Å². The number of nitrogens with zero attached hydrogens (tertiary/aromatic N) is 1. The summed E-state index contributed by atoms with van der Waals surface area (Å²) in [6.07, 6.45) is 5.02. The van der Waals surface area contributed by atoms with Crippen LogP contribution in [0.15, 0.2) is 24.3 Å². The average Bonchev–Trinajstić information content (AvgIpc) is 2.45. The van der Waals surface area contributed by atoms with Crippen LogP contribution in [0.5, 0.6) is 5.75 Å². The van der Waals surface area contributed by atoms with Gasteiger partial charge in [-0.05, 0) is 37.1 Å². The molecule has 1 aromatic carbocycles. The predicted molar refractivity (Wildman–Crippen MR) is 80.8 cm³/mol. The highest BCUT2D eigenvalue weighted by Crippen LogP contribution is 2.24. The van der Waals surface area contributed by atoms with Gasteiger partial charge in [0, 0.05) is 35.8 Å². The van der Waals surface area contributed by atoms with E-state index in [4.69, 9.17) is 22.1 Å². The van der Waals surface area contributed by atoms with E-state index in [9.17, 15) is 4.79 Å². The molecule has 0 aromatic heterocycles. The smallest absolute Gasteiger partial charge is 0.246 e. The maximum absolute atomic E-state index is 12.1. The van der Waals surface area contributed by atoms with Crippen LogP contribution in [-0.4, -0.2) is 37.0 Å². The quantitative estimate of drug-likeness (QED) is 0.871. The van der Waals surface area contributed by atoms with Gasteiger partial charge in [-0.1, -0.05) is 11.6 Å². The van der Waals surface area contributed by atoms with Gasteiger partial charge in [0.2, 0.25) is 5.91 Å². The lowest BCUT2D eigenvalue weighted by atomic mass is 10.1. The number of carbonyl (C=O) groups is 1. The van der Waals surface area contributed by atoms with Crippen molar-refractivity contribution in [3.05, 3.63) is 34.9 Å². The molecule has 1 aliphatic heterocycles. The molecule has 0 saturated carbocycles. The van der Waals surface area contributed by atoms with Crippen LogP contribution in [-0.2, 0) is 4.79 Å². The maximum Gasteiger partial charge on any atom is 0.246 e. The zero-order chi connectivity index (χ0) is 14.5. The number of ether oxygens (including phenoxy) is 1. The second-order valence-corrected chi connectivity index (χ2v) is 5.32. The van der Waals surface area contributed by atoms with E-state index in [0.29, 0.717) is 10.8 Å². The van der Waals surface area contributed by atoms with Crippen molar-refractivity contribution in [2.45, 2.75) is 18.9 Å². The van der Waals surface area contributed by atoms with E-state index in [-0.39, 0.29) is 11.9 Å². The fourth-order valence-corrected chi connectivity index (χ4v) is 2.40. The van der Waals surface area contributed by atoms with Crippen molar-refractivity contribution >= 4 is 23.6 Å². The molecule has 5 heteroatoms. The lowest BCUT2D eigenvalue weighted by Crippen LogP contribution is -2.42. The van der Waals surface area contributed by atoms with Crippen molar-refractivity contribution in [1.29, 1.82) is 0 Å². The summed E-state index contributed by atoms with van der Waals surface area (Å²) in [6, 6.07) is 5.53. The molecule has 2 rings (SSSR count). The first-order chi connectivity index (χ1) is 9.60. The molecule has 0 bridgehead atoms. The molecule has 1 saturated heterocycles. The Kier molecular flexibility index (Phi) is 5.04. The number of carbonyl (C=O) groups excluding carboxylic acids is 1.